The molecule has 2 rings (SSSR count). The molecule has 0 spiro atoms. The number of halogens is 2. The highest BCUT2D eigenvalue weighted by molar-refractivity contribution is 6.06. The molecular weight excluding hydrogens is 314 g/mol. The number of aryl methyl sites for hydroxylation is 1. The first-order chi connectivity index (χ1) is 10.9. The SMILES string of the molecule is CCn1ncc([N+](=O)[O-])c1C(=O)Nc1ccccc1OC(F)F. The summed E-state index contributed by atoms with van der Waals surface area (Å²) in [7, 11) is 0. The minimum absolute atomic E-state index is 0.0315. The summed E-state index contributed by atoms with van der Waals surface area (Å²) in [4.78, 5) is 22.5. The largest absolute Gasteiger partial charge is 0.433 e. The number of carbonyl (C=O) groups excluding carboxylic acids is 1. The van der Waals surface area contributed by atoms with Crippen LogP contribution in [-0.2, 0) is 6.54 Å². The van der Waals surface area contributed by atoms with Crippen molar-refractivity contribution in [2.75, 3.05) is 5.32 Å². The van der Waals surface area contributed by atoms with Gasteiger partial charge in [0.25, 0.3) is 5.91 Å². The van der Waals surface area contributed by atoms with Crippen LogP contribution in [-0.4, -0.2) is 27.2 Å². The van der Waals surface area contributed by atoms with Gasteiger partial charge in [0.05, 0.1) is 10.6 Å². The molecule has 122 valence electrons. The number of carbonyl (C=O) groups is 1. The Bertz CT molecular complexity index is 733. The second-order valence-corrected chi connectivity index (χ2v) is 4.28. The highest BCUT2D eigenvalue weighted by atomic mass is 19.3. The Morgan fingerprint density at radius 1 is 1.48 bits per heavy atom. The summed E-state index contributed by atoms with van der Waals surface area (Å²) >= 11 is 0. The van der Waals surface area contributed by atoms with Gasteiger partial charge in [-0.05, 0) is 19.1 Å². The summed E-state index contributed by atoms with van der Waals surface area (Å²) in [6.07, 6.45) is 0.958. The fourth-order valence-electron chi connectivity index (χ4n) is 1.93. The second-order valence-electron chi connectivity index (χ2n) is 4.28. The van der Waals surface area contributed by atoms with E-state index in [0.717, 1.165) is 10.9 Å². The van der Waals surface area contributed by atoms with Crippen LogP contribution in [0.5, 0.6) is 5.75 Å². The van der Waals surface area contributed by atoms with Crippen molar-refractivity contribution in [1.29, 1.82) is 0 Å². The van der Waals surface area contributed by atoms with Crippen molar-refractivity contribution >= 4 is 17.3 Å². The van der Waals surface area contributed by atoms with Crippen molar-refractivity contribution in [3.63, 3.8) is 0 Å². The first-order valence-electron chi connectivity index (χ1n) is 6.49. The number of nitro groups is 1. The van der Waals surface area contributed by atoms with Gasteiger partial charge in [-0.15, -0.1) is 0 Å². The van der Waals surface area contributed by atoms with Crippen LogP contribution in [0.25, 0.3) is 0 Å². The number of nitrogens with zero attached hydrogens (tertiary/aromatic N) is 3. The Labute approximate surface area is 128 Å². The monoisotopic (exact) mass is 326 g/mol. The van der Waals surface area contributed by atoms with Gasteiger partial charge in [0, 0.05) is 6.54 Å². The highest BCUT2D eigenvalue weighted by Gasteiger charge is 2.27. The van der Waals surface area contributed by atoms with E-state index in [-0.39, 0.29) is 23.7 Å². The number of hydrogen-bond acceptors (Lipinski definition) is 5. The maximum Gasteiger partial charge on any atom is 0.387 e. The molecule has 0 radical (unpaired) electrons. The van der Waals surface area contributed by atoms with Crippen molar-refractivity contribution < 1.29 is 23.2 Å². The molecule has 1 aromatic heterocycles. The minimum Gasteiger partial charge on any atom is -0.433 e. The molecule has 0 saturated heterocycles. The summed E-state index contributed by atoms with van der Waals surface area (Å²) in [5.41, 5.74) is -0.781. The molecule has 0 aliphatic rings. The molecule has 0 saturated carbocycles. The Morgan fingerprint density at radius 2 is 2.17 bits per heavy atom. The van der Waals surface area contributed by atoms with Crippen LogP contribution in [0.4, 0.5) is 20.2 Å². The lowest BCUT2D eigenvalue weighted by atomic mass is 10.2. The predicted molar refractivity (Wildman–Crippen MR) is 75.6 cm³/mol. The number of alkyl halides is 2. The van der Waals surface area contributed by atoms with Gasteiger partial charge < -0.3 is 10.1 Å². The Kier molecular flexibility index (Phi) is 4.84. The van der Waals surface area contributed by atoms with Crippen molar-refractivity contribution in [3.05, 3.63) is 46.3 Å². The molecule has 0 aliphatic heterocycles. The first-order valence-corrected chi connectivity index (χ1v) is 6.49. The van der Waals surface area contributed by atoms with Gasteiger partial charge in [0.15, 0.2) is 0 Å². The van der Waals surface area contributed by atoms with Gasteiger partial charge in [-0.2, -0.15) is 13.9 Å². The molecule has 23 heavy (non-hydrogen) atoms. The average molecular weight is 326 g/mol. The number of benzene rings is 1. The molecular formula is C13H12F2N4O4. The average Bonchev–Trinajstić information content (AvgIpc) is 2.93. The number of anilines is 1. The highest BCUT2D eigenvalue weighted by Crippen LogP contribution is 2.27. The third kappa shape index (κ3) is 3.59. The third-order valence-electron chi connectivity index (χ3n) is 2.88. The Morgan fingerprint density at radius 3 is 2.78 bits per heavy atom. The topological polar surface area (TPSA) is 99.3 Å². The molecule has 0 aliphatic carbocycles. The van der Waals surface area contributed by atoms with Gasteiger partial charge in [-0.3, -0.25) is 19.6 Å². The smallest absolute Gasteiger partial charge is 0.387 e. The molecule has 1 N–H and O–H groups in total. The van der Waals surface area contributed by atoms with E-state index in [2.05, 4.69) is 15.2 Å². The van der Waals surface area contributed by atoms with Crippen molar-refractivity contribution in [3.8, 4) is 5.75 Å². The minimum atomic E-state index is -3.07. The maximum atomic E-state index is 12.4. The summed E-state index contributed by atoms with van der Waals surface area (Å²) in [5, 5.41) is 17.0. The number of amides is 1. The standard InChI is InChI=1S/C13H12F2N4O4/c1-2-18-11(9(7-16-18)19(21)22)12(20)17-8-5-3-4-6-10(8)23-13(14)15/h3-7,13H,2H2,1H3,(H,17,20). The summed E-state index contributed by atoms with van der Waals surface area (Å²) in [5.74, 6) is -1.09. The molecule has 0 unspecified atom stereocenters. The van der Waals surface area contributed by atoms with Gasteiger partial charge in [-0.1, -0.05) is 12.1 Å². The molecule has 0 fully saturated rings. The summed E-state index contributed by atoms with van der Waals surface area (Å²) in [6, 6.07) is 5.53. The van der Waals surface area contributed by atoms with Crippen LogP contribution >= 0.6 is 0 Å². The summed E-state index contributed by atoms with van der Waals surface area (Å²) < 4.78 is 30.2. The van der Waals surface area contributed by atoms with E-state index in [0.29, 0.717) is 0 Å². The molecule has 8 nitrogen and oxygen atoms in total. The molecule has 2 aromatic rings. The van der Waals surface area contributed by atoms with Crippen LogP contribution < -0.4 is 10.1 Å². The summed E-state index contributed by atoms with van der Waals surface area (Å²) in [6.45, 7) is -1.18. The zero-order chi connectivity index (χ0) is 17.0. The van der Waals surface area contributed by atoms with Crippen LogP contribution in [0.2, 0.25) is 0 Å². The second kappa shape index (κ2) is 6.81. The molecule has 0 atom stereocenters. The Hall–Kier alpha value is -3.04. The van der Waals surface area contributed by atoms with Crippen molar-refractivity contribution in [2.24, 2.45) is 0 Å². The lowest BCUT2D eigenvalue weighted by molar-refractivity contribution is -0.385. The molecule has 1 heterocycles. The number of rotatable bonds is 6. The van der Waals surface area contributed by atoms with E-state index in [1.165, 1.54) is 24.3 Å². The van der Waals surface area contributed by atoms with Crippen LogP contribution in [0.15, 0.2) is 30.5 Å². The fraction of sp³-hybridized carbons (Fsp3) is 0.231. The number of nitrogens with one attached hydrogen (secondary N) is 1. The van der Waals surface area contributed by atoms with E-state index in [9.17, 15) is 23.7 Å². The Balaban J connectivity index is 2.33. The number of para-hydroxylation sites is 2. The maximum absolute atomic E-state index is 12.4. The van der Waals surface area contributed by atoms with Crippen molar-refractivity contribution in [2.45, 2.75) is 20.1 Å². The van der Waals surface area contributed by atoms with E-state index in [1.54, 1.807) is 6.92 Å². The number of ether oxygens (including phenoxy) is 1. The van der Waals surface area contributed by atoms with Crippen LogP contribution in [0.1, 0.15) is 17.4 Å². The third-order valence-corrected chi connectivity index (χ3v) is 2.88. The van der Waals surface area contributed by atoms with Gasteiger partial charge >= 0.3 is 12.3 Å². The first kappa shape index (κ1) is 16.3. The lowest BCUT2D eigenvalue weighted by Crippen LogP contribution is -2.19. The van der Waals surface area contributed by atoms with Crippen LogP contribution in [0, 0.1) is 10.1 Å². The van der Waals surface area contributed by atoms with E-state index < -0.39 is 23.1 Å². The lowest BCUT2D eigenvalue weighted by Gasteiger charge is -2.11. The number of aromatic nitrogens is 2. The molecule has 10 heteroatoms. The number of hydrogen-bond donors (Lipinski definition) is 1. The van der Waals surface area contributed by atoms with Gasteiger partial charge in [0.1, 0.15) is 11.9 Å². The molecule has 1 amide bonds. The van der Waals surface area contributed by atoms with Gasteiger partial charge in [0.2, 0.25) is 5.69 Å². The predicted octanol–water partition coefficient (Wildman–Crippen LogP) is 2.66. The quantitative estimate of drug-likeness (QED) is 0.650. The molecule has 0 bridgehead atoms. The zero-order valence-electron chi connectivity index (χ0n) is 11.9. The van der Waals surface area contributed by atoms with Crippen molar-refractivity contribution in [1.82, 2.24) is 9.78 Å². The van der Waals surface area contributed by atoms with E-state index >= 15 is 0 Å². The van der Waals surface area contributed by atoms with Crippen LogP contribution in [0.3, 0.4) is 0 Å². The van der Waals surface area contributed by atoms with E-state index in [4.69, 9.17) is 0 Å². The zero-order valence-corrected chi connectivity index (χ0v) is 11.9. The van der Waals surface area contributed by atoms with E-state index in [1.807, 2.05) is 0 Å². The normalized spacial score (nSPS) is 10.6. The molecule has 1 aromatic carbocycles. The van der Waals surface area contributed by atoms with Gasteiger partial charge in [-0.25, -0.2) is 0 Å². The fourth-order valence-corrected chi connectivity index (χ4v) is 1.93.